The van der Waals surface area contributed by atoms with E-state index in [1.807, 2.05) is 30.3 Å². The normalized spacial score (nSPS) is 11.1. The molecule has 9 heteroatoms. The average molecular weight is 523 g/mol. The summed E-state index contributed by atoms with van der Waals surface area (Å²) in [6.45, 7) is 5.23. The van der Waals surface area contributed by atoms with Crippen molar-refractivity contribution in [3.05, 3.63) is 71.5 Å². The molecule has 0 fully saturated rings. The van der Waals surface area contributed by atoms with Crippen LogP contribution in [-0.2, 0) is 13.1 Å². The number of nitrogens with zero attached hydrogens (tertiary/aromatic N) is 2. The maximum atomic E-state index is 12.0. The Morgan fingerprint density at radius 1 is 1.13 bits per heavy atom. The van der Waals surface area contributed by atoms with Gasteiger partial charge >= 0.3 is 0 Å². The summed E-state index contributed by atoms with van der Waals surface area (Å²) in [6.07, 6.45) is 1.47. The van der Waals surface area contributed by atoms with Crippen LogP contribution in [0.2, 0.25) is 0 Å². The minimum atomic E-state index is -0.279. The monoisotopic (exact) mass is 523 g/mol. The van der Waals surface area contributed by atoms with Crippen molar-refractivity contribution >= 4 is 41.5 Å². The lowest BCUT2D eigenvalue weighted by molar-refractivity contribution is 0.0996. The maximum Gasteiger partial charge on any atom is 0.291 e. The zero-order chi connectivity index (χ0) is 20.6. The number of anilines is 1. The third-order valence-electron chi connectivity index (χ3n) is 4.24. The molecule has 1 amide bonds. The standard InChI is InChI=1S/C21H25N5O3.HI/c1-14(2)18-11-17(29-26-18)13-24-21(22-3)23-12-15-6-8-16(9-7-15)25-20(27)19-5-4-10-28-19;/h4-11,14H,12-13H2,1-3H3,(H,25,27)(H2,22,23,24);1H. The van der Waals surface area contributed by atoms with Crippen molar-refractivity contribution in [1.82, 2.24) is 15.8 Å². The fraction of sp³-hybridized carbons (Fsp3) is 0.286. The van der Waals surface area contributed by atoms with E-state index in [9.17, 15) is 4.79 Å². The SMILES string of the molecule is CN=C(NCc1ccc(NC(=O)c2ccco2)cc1)NCc1cc(C(C)C)no1.I. The fourth-order valence-electron chi connectivity index (χ4n) is 2.57. The molecule has 3 N–H and O–H groups in total. The van der Waals surface area contributed by atoms with E-state index in [1.165, 1.54) is 6.26 Å². The number of hydrogen-bond donors (Lipinski definition) is 3. The van der Waals surface area contributed by atoms with Gasteiger partial charge in [-0.2, -0.15) is 0 Å². The highest BCUT2D eigenvalue weighted by molar-refractivity contribution is 14.0. The second-order valence-corrected chi connectivity index (χ2v) is 6.78. The van der Waals surface area contributed by atoms with Crippen LogP contribution in [0.25, 0.3) is 0 Å². The number of nitrogens with one attached hydrogen (secondary N) is 3. The summed E-state index contributed by atoms with van der Waals surface area (Å²) in [5, 5.41) is 13.3. The van der Waals surface area contributed by atoms with Crippen molar-refractivity contribution in [3.63, 3.8) is 0 Å². The molecule has 0 aliphatic heterocycles. The minimum absolute atomic E-state index is 0. The summed E-state index contributed by atoms with van der Waals surface area (Å²) in [6, 6.07) is 12.8. The van der Waals surface area contributed by atoms with Gasteiger partial charge < -0.3 is 24.9 Å². The lowest BCUT2D eigenvalue weighted by atomic mass is 10.1. The Morgan fingerprint density at radius 3 is 2.47 bits per heavy atom. The largest absolute Gasteiger partial charge is 0.459 e. The highest BCUT2D eigenvalue weighted by atomic mass is 127. The predicted octanol–water partition coefficient (Wildman–Crippen LogP) is 4.13. The maximum absolute atomic E-state index is 12.0. The number of halogens is 1. The van der Waals surface area contributed by atoms with E-state index in [2.05, 4.69) is 39.9 Å². The number of benzene rings is 1. The van der Waals surface area contributed by atoms with Crippen LogP contribution in [0.3, 0.4) is 0 Å². The predicted molar refractivity (Wildman–Crippen MR) is 126 cm³/mol. The Kier molecular flexibility index (Phi) is 8.90. The van der Waals surface area contributed by atoms with Gasteiger partial charge in [-0.3, -0.25) is 9.79 Å². The Balaban J connectivity index is 0.00000320. The van der Waals surface area contributed by atoms with Gasteiger partial charge in [0.25, 0.3) is 5.91 Å². The van der Waals surface area contributed by atoms with Gasteiger partial charge in [-0.25, -0.2) is 0 Å². The van der Waals surface area contributed by atoms with Crippen LogP contribution in [0.5, 0.6) is 0 Å². The number of hydrogen-bond acceptors (Lipinski definition) is 5. The van der Waals surface area contributed by atoms with Crippen molar-refractivity contribution in [3.8, 4) is 0 Å². The Bertz CT molecular complexity index is 949. The number of furan rings is 1. The molecule has 1 aromatic carbocycles. The van der Waals surface area contributed by atoms with Crippen LogP contribution in [0, 0.1) is 0 Å². The molecule has 30 heavy (non-hydrogen) atoms. The topological polar surface area (TPSA) is 105 Å². The van der Waals surface area contributed by atoms with Crippen molar-refractivity contribution in [2.24, 2.45) is 4.99 Å². The molecule has 0 unspecified atom stereocenters. The number of amides is 1. The number of carbonyl (C=O) groups excluding carboxylic acids is 1. The first-order valence-electron chi connectivity index (χ1n) is 9.39. The summed E-state index contributed by atoms with van der Waals surface area (Å²) >= 11 is 0. The Hall–Kier alpha value is -2.82. The van der Waals surface area contributed by atoms with E-state index in [4.69, 9.17) is 8.94 Å². The lowest BCUT2D eigenvalue weighted by Crippen LogP contribution is -2.36. The van der Waals surface area contributed by atoms with Crippen LogP contribution in [0.4, 0.5) is 5.69 Å². The summed E-state index contributed by atoms with van der Waals surface area (Å²) in [7, 11) is 1.71. The molecule has 0 aliphatic carbocycles. The Labute approximate surface area is 192 Å². The molecule has 2 heterocycles. The number of aliphatic imine (C=N–C) groups is 1. The molecule has 2 aromatic heterocycles. The van der Waals surface area contributed by atoms with Crippen molar-refractivity contribution < 1.29 is 13.7 Å². The third-order valence-corrected chi connectivity index (χ3v) is 4.24. The summed E-state index contributed by atoms with van der Waals surface area (Å²) in [4.78, 5) is 16.2. The number of rotatable bonds is 7. The lowest BCUT2D eigenvalue weighted by Gasteiger charge is -2.11. The molecule has 0 bridgehead atoms. The summed E-state index contributed by atoms with van der Waals surface area (Å²) in [5.41, 5.74) is 2.68. The highest BCUT2D eigenvalue weighted by Crippen LogP contribution is 2.14. The fourth-order valence-corrected chi connectivity index (χ4v) is 2.57. The molecular weight excluding hydrogens is 497 g/mol. The minimum Gasteiger partial charge on any atom is -0.459 e. The Morgan fingerprint density at radius 2 is 1.87 bits per heavy atom. The first-order valence-corrected chi connectivity index (χ1v) is 9.39. The van der Waals surface area contributed by atoms with Crippen LogP contribution in [0.1, 0.15) is 47.3 Å². The van der Waals surface area contributed by atoms with E-state index >= 15 is 0 Å². The van der Waals surface area contributed by atoms with E-state index in [-0.39, 0.29) is 35.6 Å². The second kappa shape index (κ2) is 11.4. The highest BCUT2D eigenvalue weighted by Gasteiger charge is 2.09. The average Bonchev–Trinajstić information content (AvgIpc) is 3.41. The van der Waals surface area contributed by atoms with E-state index in [0.29, 0.717) is 30.7 Å². The molecule has 160 valence electrons. The van der Waals surface area contributed by atoms with Gasteiger partial charge in [0.15, 0.2) is 17.5 Å². The molecule has 8 nitrogen and oxygen atoms in total. The number of guanidine groups is 1. The van der Waals surface area contributed by atoms with E-state index in [1.54, 1.807) is 19.2 Å². The zero-order valence-corrected chi connectivity index (χ0v) is 19.5. The molecular formula is C21H26IN5O3. The van der Waals surface area contributed by atoms with Gasteiger partial charge in [0, 0.05) is 25.3 Å². The van der Waals surface area contributed by atoms with Gasteiger partial charge in [0.1, 0.15) is 0 Å². The first-order chi connectivity index (χ1) is 14.0. The molecule has 0 atom stereocenters. The zero-order valence-electron chi connectivity index (χ0n) is 17.1. The van der Waals surface area contributed by atoms with Crippen molar-refractivity contribution in [2.75, 3.05) is 12.4 Å². The van der Waals surface area contributed by atoms with E-state index in [0.717, 1.165) is 17.0 Å². The molecule has 0 saturated carbocycles. The van der Waals surface area contributed by atoms with Gasteiger partial charge in [0.05, 0.1) is 18.5 Å². The summed E-state index contributed by atoms with van der Waals surface area (Å²) < 4.78 is 10.4. The van der Waals surface area contributed by atoms with Gasteiger partial charge in [-0.1, -0.05) is 31.1 Å². The quantitative estimate of drug-likeness (QED) is 0.245. The smallest absolute Gasteiger partial charge is 0.291 e. The van der Waals surface area contributed by atoms with Gasteiger partial charge in [-0.15, -0.1) is 24.0 Å². The van der Waals surface area contributed by atoms with Crippen molar-refractivity contribution in [2.45, 2.75) is 32.9 Å². The molecule has 3 aromatic rings. The van der Waals surface area contributed by atoms with Crippen LogP contribution < -0.4 is 16.0 Å². The molecule has 0 saturated heterocycles. The number of carbonyl (C=O) groups is 1. The van der Waals surface area contributed by atoms with Crippen molar-refractivity contribution in [1.29, 1.82) is 0 Å². The van der Waals surface area contributed by atoms with Crippen LogP contribution >= 0.6 is 24.0 Å². The summed E-state index contributed by atoms with van der Waals surface area (Å²) in [5.74, 6) is 1.74. The molecule has 0 radical (unpaired) electrons. The molecule has 0 aliphatic rings. The van der Waals surface area contributed by atoms with Gasteiger partial charge in [-0.05, 0) is 35.7 Å². The van der Waals surface area contributed by atoms with Crippen LogP contribution in [-0.4, -0.2) is 24.1 Å². The van der Waals surface area contributed by atoms with Crippen LogP contribution in [0.15, 0.2) is 62.7 Å². The first kappa shape index (κ1) is 23.5. The molecule has 0 spiro atoms. The second-order valence-electron chi connectivity index (χ2n) is 6.78. The molecule has 3 rings (SSSR count). The van der Waals surface area contributed by atoms with E-state index < -0.39 is 0 Å². The third kappa shape index (κ3) is 6.61. The van der Waals surface area contributed by atoms with Gasteiger partial charge in [0.2, 0.25) is 0 Å². The number of aromatic nitrogens is 1.